The predicted octanol–water partition coefficient (Wildman–Crippen LogP) is 1.95. The van der Waals surface area contributed by atoms with Crippen LogP contribution in [0.2, 0.25) is 0 Å². The van der Waals surface area contributed by atoms with Crippen LogP contribution in [0.4, 0.5) is 15.8 Å². The number of halogens is 1. The van der Waals surface area contributed by atoms with Gasteiger partial charge >= 0.3 is 0 Å². The number of carbonyl (C=O) groups is 1. The van der Waals surface area contributed by atoms with E-state index in [9.17, 15) is 9.18 Å². The van der Waals surface area contributed by atoms with E-state index < -0.39 is 0 Å². The minimum absolute atomic E-state index is 0.160. The summed E-state index contributed by atoms with van der Waals surface area (Å²) in [5.41, 5.74) is 1.05. The highest BCUT2D eigenvalue weighted by atomic mass is 19.1. The Bertz CT molecular complexity index is 430. The van der Waals surface area contributed by atoms with Crippen LogP contribution in [0.5, 0.6) is 0 Å². The molecular formula is C13H18FN3O. The molecule has 1 aliphatic rings. The Hall–Kier alpha value is -1.62. The van der Waals surface area contributed by atoms with E-state index in [-0.39, 0.29) is 17.8 Å². The molecule has 1 aromatic carbocycles. The molecule has 18 heavy (non-hydrogen) atoms. The first-order valence-electron chi connectivity index (χ1n) is 6.19. The smallest absolute Gasteiger partial charge is 0.221 e. The molecule has 3 N–H and O–H groups in total. The molecule has 98 valence electrons. The second-order valence-electron chi connectivity index (χ2n) is 4.56. The lowest BCUT2D eigenvalue weighted by atomic mass is 10.1. The van der Waals surface area contributed by atoms with Gasteiger partial charge in [0.05, 0.1) is 5.69 Å². The molecule has 0 radical (unpaired) electrons. The molecule has 1 heterocycles. The molecule has 0 spiro atoms. The number of carbonyl (C=O) groups excluding carboxylic acids is 1. The summed E-state index contributed by atoms with van der Waals surface area (Å²) in [6, 6.07) is 4.79. The molecule has 1 atom stereocenters. The molecule has 0 saturated carbocycles. The van der Waals surface area contributed by atoms with Crippen molar-refractivity contribution in [1.82, 2.24) is 5.32 Å². The monoisotopic (exact) mass is 251 g/mol. The van der Waals surface area contributed by atoms with Crippen LogP contribution in [0, 0.1) is 5.82 Å². The third-order valence-corrected chi connectivity index (χ3v) is 2.94. The fraction of sp³-hybridized carbons (Fsp3) is 0.462. The molecule has 5 heteroatoms. The van der Waals surface area contributed by atoms with Crippen molar-refractivity contribution in [3.8, 4) is 0 Å². The fourth-order valence-corrected chi connectivity index (χ4v) is 2.11. The summed E-state index contributed by atoms with van der Waals surface area (Å²) < 4.78 is 13.7. The zero-order valence-electron chi connectivity index (χ0n) is 10.4. The minimum atomic E-state index is -0.297. The van der Waals surface area contributed by atoms with Crippen LogP contribution in [-0.2, 0) is 4.79 Å². The number of rotatable bonds is 3. The van der Waals surface area contributed by atoms with E-state index in [2.05, 4.69) is 16.0 Å². The van der Waals surface area contributed by atoms with Crippen LogP contribution in [0.1, 0.15) is 19.8 Å². The number of anilines is 2. The summed E-state index contributed by atoms with van der Waals surface area (Å²) >= 11 is 0. The third kappa shape index (κ3) is 3.43. The van der Waals surface area contributed by atoms with Crippen molar-refractivity contribution in [2.75, 3.05) is 23.7 Å². The molecule has 1 aliphatic heterocycles. The second-order valence-corrected chi connectivity index (χ2v) is 4.56. The first-order chi connectivity index (χ1) is 8.65. The lowest BCUT2D eigenvalue weighted by Crippen LogP contribution is -2.38. The Morgan fingerprint density at radius 2 is 2.33 bits per heavy atom. The first-order valence-corrected chi connectivity index (χ1v) is 6.19. The van der Waals surface area contributed by atoms with Gasteiger partial charge in [-0.1, -0.05) is 0 Å². The van der Waals surface area contributed by atoms with Crippen LogP contribution in [-0.4, -0.2) is 25.0 Å². The zero-order chi connectivity index (χ0) is 13.0. The average molecular weight is 251 g/mol. The molecule has 4 nitrogen and oxygen atoms in total. The van der Waals surface area contributed by atoms with E-state index in [0.29, 0.717) is 11.4 Å². The van der Waals surface area contributed by atoms with Gasteiger partial charge in [0.25, 0.3) is 0 Å². The maximum atomic E-state index is 13.7. The molecular weight excluding hydrogens is 233 g/mol. The van der Waals surface area contributed by atoms with Crippen molar-refractivity contribution >= 4 is 17.3 Å². The van der Waals surface area contributed by atoms with Gasteiger partial charge in [-0.3, -0.25) is 4.79 Å². The zero-order valence-corrected chi connectivity index (χ0v) is 10.4. The fourth-order valence-electron chi connectivity index (χ4n) is 2.11. The van der Waals surface area contributed by atoms with Crippen LogP contribution in [0.3, 0.4) is 0 Å². The van der Waals surface area contributed by atoms with Crippen LogP contribution >= 0.6 is 0 Å². The van der Waals surface area contributed by atoms with E-state index in [0.717, 1.165) is 25.9 Å². The second kappa shape index (κ2) is 5.82. The van der Waals surface area contributed by atoms with Gasteiger partial charge in [-0.05, 0) is 37.6 Å². The van der Waals surface area contributed by atoms with Crippen molar-refractivity contribution in [2.24, 2.45) is 0 Å². The van der Waals surface area contributed by atoms with E-state index in [1.807, 2.05) is 0 Å². The first kappa shape index (κ1) is 12.8. The quantitative estimate of drug-likeness (QED) is 0.769. The van der Waals surface area contributed by atoms with Gasteiger partial charge < -0.3 is 16.0 Å². The van der Waals surface area contributed by atoms with Gasteiger partial charge in [0.1, 0.15) is 5.82 Å². The van der Waals surface area contributed by atoms with Crippen molar-refractivity contribution in [1.29, 1.82) is 0 Å². The van der Waals surface area contributed by atoms with Gasteiger partial charge in [0.15, 0.2) is 0 Å². The summed E-state index contributed by atoms with van der Waals surface area (Å²) in [6.07, 6.45) is 2.11. The number of piperidine rings is 1. The summed E-state index contributed by atoms with van der Waals surface area (Å²) in [5.74, 6) is -0.457. The lowest BCUT2D eigenvalue weighted by molar-refractivity contribution is -0.114. The number of hydrogen-bond donors (Lipinski definition) is 3. The Labute approximate surface area is 106 Å². The van der Waals surface area contributed by atoms with Gasteiger partial charge in [-0.15, -0.1) is 0 Å². The SMILES string of the molecule is CC(=O)Nc1ccc(F)c(NC2CCCNC2)c1. The van der Waals surface area contributed by atoms with E-state index >= 15 is 0 Å². The Kier molecular flexibility index (Phi) is 4.15. The largest absolute Gasteiger partial charge is 0.379 e. The summed E-state index contributed by atoms with van der Waals surface area (Å²) in [6.45, 7) is 3.29. The Morgan fingerprint density at radius 1 is 1.50 bits per heavy atom. The topological polar surface area (TPSA) is 53.2 Å². The normalized spacial score (nSPS) is 19.3. The van der Waals surface area contributed by atoms with Crippen molar-refractivity contribution in [3.05, 3.63) is 24.0 Å². The molecule has 1 unspecified atom stereocenters. The van der Waals surface area contributed by atoms with Gasteiger partial charge in [0.2, 0.25) is 5.91 Å². The minimum Gasteiger partial charge on any atom is -0.379 e. The Balaban J connectivity index is 2.07. The maximum Gasteiger partial charge on any atom is 0.221 e. The Morgan fingerprint density at radius 3 is 3.00 bits per heavy atom. The van der Waals surface area contributed by atoms with Crippen molar-refractivity contribution in [3.63, 3.8) is 0 Å². The standard InChI is InChI=1S/C13H18FN3O/c1-9(18)16-10-4-5-12(14)13(7-10)17-11-3-2-6-15-8-11/h4-5,7,11,15,17H,2-3,6,8H2,1H3,(H,16,18). The van der Waals surface area contributed by atoms with Crippen molar-refractivity contribution in [2.45, 2.75) is 25.8 Å². The lowest BCUT2D eigenvalue weighted by Gasteiger charge is -2.25. The molecule has 0 bridgehead atoms. The van der Waals surface area contributed by atoms with Gasteiger partial charge in [-0.2, -0.15) is 0 Å². The van der Waals surface area contributed by atoms with E-state index in [1.54, 1.807) is 12.1 Å². The van der Waals surface area contributed by atoms with E-state index in [4.69, 9.17) is 0 Å². The third-order valence-electron chi connectivity index (χ3n) is 2.94. The molecule has 0 aromatic heterocycles. The average Bonchev–Trinajstić information content (AvgIpc) is 2.34. The summed E-state index contributed by atoms with van der Waals surface area (Å²) in [7, 11) is 0. The maximum absolute atomic E-state index is 13.7. The molecule has 1 amide bonds. The number of benzene rings is 1. The highest BCUT2D eigenvalue weighted by molar-refractivity contribution is 5.89. The number of hydrogen-bond acceptors (Lipinski definition) is 3. The predicted molar refractivity (Wildman–Crippen MR) is 70.2 cm³/mol. The summed E-state index contributed by atoms with van der Waals surface area (Å²) in [5, 5.41) is 9.09. The van der Waals surface area contributed by atoms with E-state index in [1.165, 1.54) is 13.0 Å². The van der Waals surface area contributed by atoms with Gasteiger partial charge in [-0.25, -0.2) is 4.39 Å². The molecule has 0 aliphatic carbocycles. The van der Waals surface area contributed by atoms with Gasteiger partial charge in [0, 0.05) is 25.2 Å². The molecule has 2 rings (SSSR count). The molecule has 1 aromatic rings. The number of amides is 1. The number of nitrogens with one attached hydrogen (secondary N) is 3. The van der Waals surface area contributed by atoms with Crippen LogP contribution in [0.25, 0.3) is 0 Å². The molecule has 1 saturated heterocycles. The van der Waals surface area contributed by atoms with Crippen LogP contribution in [0.15, 0.2) is 18.2 Å². The summed E-state index contributed by atoms with van der Waals surface area (Å²) in [4.78, 5) is 11.0. The highest BCUT2D eigenvalue weighted by Gasteiger charge is 2.14. The van der Waals surface area contributed by atoms with Crippen molar-refractivity contribution < 1.29 is 9.18 Å². The molecule has 1 fully saturated rings. The highest BCUT2D eigenvalue weighted by Crippen LogP contribution is 2.21. The van der Waals surface area contributed by atoms with Crippen LogP contribution < -0.4 is 16.0 Å².